The first-order valence-corrected chi connectivity index (χ1v) is 9.15. The highest BCUT2D eigenvalue weighted by molar-refractivity contribution is 5.84. The Morgan fingerprint density at radius 2 is 1.90 bits per heavy atom. The quantitative estimate of drug-likeness (QED) is 0.483. The lowest BCUT2D eigenvalue weighted by atomic mass is 10.1. The number of carboxylic acids is 1. The van der Waals surface area contributed by atoms with E-state index < -0.39 is 18.4 Å². The van der Waals surface area contributed by atoms with Crippen LogP contribution >= 0.6 is 0 Å². The molecule has 0 fully saturated rings. The van der Waals surface area contributed by atoms with Crippen molar-refractivity contribution in [2.45, 2.75) is 13.8 Å². The van der Waals surface area contributed by atoms with Crippen molar-refractivity contribution in [2.24, 2.45) is 0 Å². The number of halogens is 1. The van der Waals surface area contributed by atoms with Crippen molar-refractivity contribution in [3.05, 3.63) is 65.7 Å². The van der Waals surface area contributed by atoms with Crippen molar-refractivity contribution < 1.29 is 23.8 Å². The van der Waals surface area contributed by atoms with Crippen molar-refractivity contribution in [1.29, 1.82) is 0 Å². The maximum atomic E-state index is 13.9. The van der Waals surface area contributed by atoms with E-state index in [0.29, 0.717) is 28.4 Å². The van der Waals surface area contributed by atoms with Gasteiger partial charge in [-0.05, 0) is 49.2 Å². The number of aromatic amines is 1. The molecule has 0 aliphatic heterocycles. The molecule has 0 spiro atoms. The molecule has 7 nitrogen and oxygen atoms in total. The number of fused-ring (bicyclic) bond motifs is 1. The van der Waals surface area contributed by atoms with Gasteiger partial charge in [0.1, 0.15) is 11.4 Å². The summed E-state index contributed by atoms with van der Waals surface area (Å²) in [6.07, 6.45) is 3.22. The Morgan fingerprint density at radius 3 is 2.60 bits per heavy atom. The Morgan fingerprint density at radius 1 is 1.17 bits per heavy atom. The summed E-state index contributed by atoms with van der Waals surface area (Å²) < 4.78 is 24.9. The van der Waals surface area contributed by atoms with E-state index in [1.54, 1.807) is 30.6 Å². The number of carbonyl (C=O) groups is 1. The second-order valence-corrected chi connectivity index (χ2v) is 6.76. The fourth-order valence-electron chi connectivity index (χ4n) is 3.19. The third-order valence-electron chi connectivity index (χ3n) is 4.51. The normalized spacial score (nSPS) is 10.9. The van der Waals surface area contributed by atoms with E-state index in [0.717, 1.165) is 16.7 Å². The monoisotopic (exact) mass is 407 g/mol. The number of para-hydroxylation sites is 1. The van der Waals surface area contributed by atoms with Crippen LogP contribution in [0.4, 0.5) is 4.39 Å². The van der Waals surface area contributed by atoms with Crippen LogP contribution in [-0.4, -0.2) is 32.6 Å². The van der Waals surface area contributed by atoms with Gasteiger partial charge in [-0.2, -0.15) is 0 Å². The first-order chi connectivity index (χ1) is 14.4. The van der Waals surface area contributed by atoms with Gasteiger partial charge in [-0.1, -0.05) is 12.1 Å². The van der Waals surface area contributed by atoms with Gasteiger partial charge in [0, 0.05) is 18.0 Å². The van der Waals surface area contributed by atoms with Gasteiger partial charge in [-0.3, -0.25) is 0 Å². The fourth-order valence-corrected chi connectivity index (χ4v) is 3.19. The molecule has 4 aromatic rings. The summed E-state index contributed by atoms with van der Waals surface area (Å²) in [7, 11) is 0. The van der Waals surface area contributed by atoms with E-state index >= 15 is 0 Å². The molecule has 0 unspecified atom stereocenters. The number of rotatable bonds is 6. The molecule has 0 bridgehead atoms. The lowest BCUT2D eigenvalue weighted by Gasteiger charge is -2.12. The molecular weight excluding hydrogens is 389 g/mol. The predicted molar refractivity (Wildman–Crippen MR) is 108 cm³/mol. The van der Waals surface area contributed by atoms with Crippen LogP contribution in [0.1, 0.15) is 11.1 Å². The van der Waals surface area contributed by atoms with Gasteiger partial charge < -0.3 is 19.6 Å². The molecule has 2 N–H and O–H groups in total. The summed E-state index contributed by atoms with van der Waals surface area (Å²) >= 11 is 0. The van der Waals surface area contributed by atoms with Crippen molar-refractivity contribution in [3.8, 4) is 28.6 Å². The van der Waals surface area contributed by atoms with E-state index in [1.165, 1.54) is 6.07 Å². The maximum Gasteiger partial charge on any atom is 0.341 e. The number of nitrogens with one attached hydrogen (secondary N) is 1. The summed E-state index contributed by atoms with van der Waals surface area (Å²) in [4.78, 5) is 22.7. The highest BCUT2D eigenvalue weighted by Gasteiger charge is 2.14. The molecule has 0 atom stereocenters. The Bertz CT molecular complexity index is 1230. The zero-order chi connectivity index (χ0) is 21.3. The molecule has 0 saturated heterocycles. The number of carboxylic acid groups (broad SMARTS) is 1. The van der Waals surface area contributed by atoms with Crippen LogP contribution in [-0.2, 0) is 4.79 Å². The standard InChI is InChI=1S/C22H18FN3O4/c1-12-7-14(8-13(2)20(12)29-11-19(27)28)21-24-9-15-18(10-25-22(15)26-21)30-17-6-4-3-5-16(17)23/h3-10H,11H2,1-2H3,(H,27,28)(H,24,25,26). The molecule has 2 aromatic heterocycles. The van der Waals surface area contributed by atoms with Gasteiger partial charge in [0.15, 0.2) is 29.7 Å². The van der Waals surface area contributed by atoms with E-state index in [9.17, 15) is 9.18 Å². The smallest absolute Gasteiger partial charge is 0.341 e. The highest BCUT2D eigenvalue weighted by atomic mass is 19.1. The second kappa shape index (κ2) is 7.82. The number of aliphatic carboxylic acids is 1. The predicted octanol–water partition coefficient (Wildman–Crippen LogP) is 4.64. The van der Waals surface area contributed by atoms with Crippen molar-refractivity contribution in [3.63, 3.8) is 0 Å². The van der Waals surface area contributed by atoms with Gasteiger partial charge in [-0.15, -0.1) is 0 Å². The fraction of sp³-hybridized carbons (Fsp3) is 0.136. The molecule has 8 heteroatoms. The van der Waals surface area contributed by atoms with Gasteiger partial charge in [0.05, 0.1) is 5.39 Å². The summed E-state index contributed by atoms with van der Waals surface area (Å²) in [6, 6.07) is 9.83. The van der Waals surface area contributed by atoms with E-state index in [-0.39, 0.29) is 5.75 Å². The molecule has 2 aromatic carbocycles. The molecule has 30 heavy (non-hydrogen) atoms. The zero-order valence-electron chi connectivity index (χ0n) is 16.3. The number of hydrogen-bond acceptors (Lipinski definition) is 5. The van der Waals surface area contributed by atoms with Gasteiger partial charge >= 0.3 is 5.97 Å². The van der Waals surface area contributed by atoms with Gasteiger partial charge in [0.2, 0.25) is 0 Å². The number of nitrogens with zero attached hydrogens (tertiary/aromatic N) is 2. The third-order valence-corrected chi connectivity index (χ3v) is 4.51. The molecule has 4 rings (SSSR count). The largest absolute Gasteiger partial charge is 0.481 e. The Kier molecular flexibility index (Phi) is 5.05. The molecule has 0 amide bonds. The zero-order valence-corrected chi connectivity index (χ0v) is 16.3. The summed E-state index contributed by atoms with van der Waals surface area (Å²) in [6.45, 7) is 3.26. The number of ether oxygens (including phenoxy) is 2. The van der Waals surface area contributed by atoms with Crippen LogP contribution in [0.2, 0.25) is 0 Å². The SMILES string of the molecule is Cc1cc(-c2ncc3c(Oc4ccccc4F)c[nH]c3n2)cc(C)c1OCC(=O)O. The van der Waals surface area contributed by atoms with E-state index in [1.807, 2.05) is 26.0 Å². The molecular formula is C22H18FN3O4. The third kappa shape index (κ3) is 3.80. The molecule has 0 aliphatic rings. The first-order valence-electron chi connectivity index (χ1n) is 9.15. The number of H-pyrrole nitrogens is 1. The van der Waals surface area contributed by atoms with Crippen molar-refractivity contribution >= 4 is 17.0 Å². The Labute approximate surface area is 171 Å². The second-order valence-electron chi connectivity index (χ2n) is 6.76. The average molecular weight is 407 g/mol. The molecule has 0 radical (unpaired) electrons. The van der Waals surface area contributed by atoms with Crippen molar-refractivity contribution in [2.75, 3.05) is 6.61 Å². The highest BCUT2D eigenvalue weighted by Crippen LogP contribution is 2.32. The number of aryl methyl sites for hydroxylation is 2. The number of benzene rings is 2. The number of aromatic nitrogens is 3. The van der Waals surface area contributed by atoms with Crippen LogP contribution in [0, 0.1) is 19.7 Å². The molecule has 0 saturated carbocycles. The minimum absolute atomic E-state index is 0.116. The molecule has 2 heterocycles. The van der Waals surface area contributed by atoms with Crippen molar-refractivity contribution in [1.82, 2.24) is 15.0 Å². The van der Waals surface area contributed by atoms with Crippen LogP contribution < -0.4 is 9.47 Å². The van der Waals surface area contributed by atoms with Crippen LogP contribution in [0.3, 0.4) is 0 Å². The molecule has 152 valence electrons. The van der Waals surface area contributed by atoms with E-state index in [2.05, 4.69) is 15.0 Å². The van der Waals surface area contributed by atoms with E-state index in [4.69, 9.17) is 14.6 Å². The molecule has 0 aliphatic carbocycles. The van der Waals surface area contributed by atoms with Crippen LogP contribution in [0.15, 0.2) is 48.8 Å². The summed E-state index contributed by atoms with van der Waals surface area (Å²) in [5.41, 5.74) is 2.88. The minimum Gasteiger partial charge on any atom is -0.481 e. The van der Waals surface area contributed by atoms with Crippen LogP contribution in [0.25, 0.3) is 22.4 Å². The lowest BCUT2D eigenvalue weighted by Crippen LogP contribution is -2.11. The Balaban J connectivity index is 1.65. The Hall–Kier alpha value is -3.94. The van der Waals surface area contributed by atoms with Gasteiger partial charge in [-0.25, -0.2) is 19.2 Å². The minimum atomic E-state index is -1.04. The average Bonchev–Trinajstić information content (AvgIpc) is 3.11. The lowest BCUT2D eigenvalue weighted by molar-refractivity contribution is -0.139. The maximum absolute atomic E-state index is 13.9. The summed E-state index contributed by atoms with van der Waals surface area (Å²) in [5, 5.41) is 9.44. The summed E-state index contributed by atoms with van der Waals surface area (Å²) in [5.74, 6) is 0.0601. The van der Waals surface area contributed by atoms with Gasteiger partial charge in [0.25, 0.3) is 0 Å². The first kappa shape index (κ1) is 19.4. The number of hydrogen-bond donors (Lipinski definition) is 2. The van der Waals surface area contributed by atoms with Crippen LogP contribution in [0.5, 0.6) is 17.2 Å². The topological polar surface area (TPSA) is 97.3 Å².